The molecular weight excluding hydrogens is 544 g/mol. The number of hydrogen-bond donors (Lipinski definition) is 1. The third-order valence-corrected chi connectivity index (χ3v) is 9.41. The molecule has 3 aromatic heterocycles. The average Bonchev–Trinajstić information content (AvgIpc) is 3.34. The van der Waals surface area contributed by atoms with Crippen LogP contribution in [0.5, 0.6) is 0 Å². The number of rotatable bonds is 6. The van der Waals surface area contributed by atoms with Crippen LogP contribution in [0.2, 0.25) is 0 Å². The first-order chi connectivity index (χ1) is 20.1. The van der Waals surface area contributed by atoms with E-state index in [-0.39, 0.29) is 5.92 Å². The van der Waals surface area contributed by atoms with Crippen molar-refractivity contribution in [3.05, 3.63) is 60.4 Å². The molecule has 0 unspecified atom stereocenters. The van der Waals surface area contributed by atoms with Crippen molar-refractivity contribution in [1.29, 1.82) is 0 Å². The van der Waals surface area contributed by atoms with Gasteiger partial charge in [-0.25, -0.2) is 14.2 Å². The third-order valence-electron chi connectivity index (χ3n) is 8.78. The van der Waals surface area contributed by atoms with Gasteiger partial charge in [0.05, 0.1) is 0 Å². The van der Waals surface area contributed by atoms with Gasteiger partial charge >= 0.3 is 0 Å². The normalized spacial score (nSPS) is 17.7. The van der Waals surface area contributed by atoms with Gasteiger partial charge in [-0.3, -0.25) is 4.57 Å². The number of likely N-dealkylation sites (tertiary alicyclic amines) is 1. The summed E-state index contributed by atoms with van der Waals surface area (Å²) in [5, 5.41) is 4.34. The maximum Gasteiger partial charge on any atom is 0.229 e. The van der Waals surface area contributed by atoms with E-state index >= 15 is 0 Å². The van der Waals surface area contributed by atoms with Crippen LogP contribution < -0.4 is 10.2 Å². The molecule has 0 atom stereocenters. The summed E-state index contributed by atoms with van der Waals surface area (Å²) >= 11 is 0. The van der Waals surface area contributed by atoms with Crippen molar-refractivity contribution in [3.8, 4) is 5.82 Å². The topological polar surface area (TPSA) is 91.5 Å². The standard InChI is InChI=1S/C32H42N8OS/c1-23(2)27-21-24-22-33-31(36-30(24)40(27)29-8-6-7-28(35-29)37-42(4,5)41)34-25-9-11-26(12-10-25)39-19-15-32(16-20-39)13-17-38(3)18-14-32/h6-12,21-23H,13-20H2,1-5H3,(H,33,34,36). The van der Waals surface area contributed by atoms with Crippen LogP contribution in [0.15, 0.2) is 59.1 Å². The largest absolute Gasteiger partial charge is 0.371 e. The van der Waals surface area contributed by atoms with Gasteiger partial charge in [-0.1, -0.05) is 19.9 Å². The van der Waals surface area contributed by atoms with E-state index in [0.29, 0.717) is 23.0 Å². The number of anilines is 3. The fraction of sp³-hybridized carbons (Fsp3) is 0.469. The average molecular weight is 587 g/mol. The van der Waals surface area contributed by atoms with Crippen molar-refractivity contribution in [2.75, 3.05) is 56.0 Å². The molecule has 2 aliphatic rings. The van der Waals surface area contributed by atoms with Gasteiger partial charge in [0.1, 0.15) is 5.82 Å². The van der Waals surface area contributed by atoms with E-state index in [2.05, 4.69) is 80.3 Å². The summed E-state index contributed by atoms with van der Waals surface area (Å²) < 4.78 is 18.7. The molecule has 1 spiro atoms. The van der Waals surface area contributed by atoms with Crippen LogP contribution in [0.4, 0.5) is 23.1 Å². The third kappa shape index (κ3) is 6.15. The Kier molecular flexibility index (Phi) is 7.70. The molecule has 2 aliphatic heterocycles. The number of hydrogen-bond acceptors (Lipinski definition) is 8. The minimum absolute atomic E-state index is 0.233. The number of aromatic nitrogens is 4. The van der Waals surface area contributed by atoms with Gasteiger partial charge in [-0.05, 0) is 99.6 Å². The molecule has 5 heterocycles. The van der Waals surface area contributed by atoms with Crippen LogP contribution in [-0.2, 0) is 9.73 Å². The summed E-state index contributed by atoms with van der Waals surface area (Å²) in [6, 6.07) is 16.3. The molecule has 6 rings (SSSR count). The van der Waals surface area contributed by atoms with Gasteiger partial charge in [0.2, 0.25) is 5.95 Å². The highest BCUT2D eigenvalue weighted by Crippen LogP contribution is 2.42. The highest BCUT2D eigenvalue weighted by molar-refractivity contribution is 7.92. The first-order valence-corrected chi connectivity index (χ1v) is 17.2. The second-order valence-electron chi connectivity index (χ2n) is 12.6. The lowest BCUT2D eigenvalue weighted by Crippen LogP contribution is -2.46. The lowest BCUT2D eigenvalue weighted by molar-refractivity contribution is 0.0945. The van der Waals surface area contributed by atoms with E-state index in [9.17, 15) is 4.21 Å². The quantitative estimate of drug-likeness (QED) is 0.281. The fourth-order valence-corrected chi connectivity index (χ4v) is 6.82. The zero-order valence-corrected chi connectivity index (χ0v) is 26.2. The molecule has 10 heteroatoms. The van der Waals surface area contributed by atoms with Gasteiger partial charge < -0.3 is 15.1 Å². The Morgan fingerprint density at radius 2 is 1.64 bits per heavy atom. The Morgan fingerprint density at radius 1 is 0.952 bits per heavy atom. The molecule has 0 amide bonds. The first kappa shape index (κ1) is 28.6. The molecule has 222 valence electrons. The highest BCUT2D eigenvalue weighted by Gasteiger charge is 2.36. The van der Waals surface area contributed by atoms with Gasteiger partial charge in [0, 0.05) is 64.0 Å². The molecular formula is C32H42N8OS. The number of nitrogens with one attached hydrogen (secondary N) is 1. The molecule has 2 saturated heterocycles. The predicted molar refractivity (Wildman–Crippen MR) is 173 cm³/mol. The Labute approximate surface area is 249 Å². The van der Waals surface area contributed by atoms with E-state index < -0.39 is 9.73 Å². The number of piperidine rings is 2. The summed E-state index contributed by atoms with van der Waals surface area (Å²) in [7, 11) is -0.0860. The van der Waals surface area contributed by atoms with E-state index in [1.807, 2.05) is 18.3 Å². The molecule has 1 aromatic carbocycles. The monoisotopic (exact) mass is 586 g/mol. The van der Waals surface area contributed by atoms with E-state index in [1.165, 1.54) is 44.5 Å². The summed E-state index contributed by atoms with van der Waals surface area (Å²) in [4.78, 5) is 19.3. The van der Waals surface area contributed by atoms with E-state index in [1.54, 1.807) is 18.6 Å². The molecule has 9 nitrogen and oxygen atoms in total. The second-order valence-corrected chi connectivity index (χ2v) is 15.2. The van der Waals surface area contributed by atoms with Crippen LogP contribution in [0, 0.1) is 5.41 Å². The highest BCUT2D eigenvalue weighted by atomic mass is 32.2. The lowest BCUT2D eigenvalue weighted by Gasteiger charge is -2.46. The van der Waals surface area contributed by atoms with Crippen molar-refractivity contribution < 1.29 is 4.21 Å². The molecule has 0 aliphatic carbocycles. The minimum Gasteiger partial charge on any atom is -0.371 e. The number of nitrogens with zero attached hydrogens (tertiary/aromatic N) is 7. The number of pyridine rings is 1. The predicted octanol–water partition coefficient (Wildman–Crippen LogP) is 6.35. The molecule has 0 bridgehead atoms. The summed E-state index contributed by atoms with van der Waals surface area (Å²) in [6.45, 7) is 9.01. The molecule has 42 heavy (non-hydrogen) atoms. The van der Waals surface area contributed by atoms with E-state index in [4.69, 9.17) is 9.97 Å². The van der Waals surface area contributed by atoms with Crippen molar-refractivity contribution in [2.45, 2.75) is 45.4 Å². The second kappa shape index (κ2) is 11.3. The molecule has 0 saturated carbocycles. The van der Waals surface area contributed by atoms with Crippen LogP contribution in [0.1, 0.15) is 51.1 Å². The van der Waals surface area contributed by atoms with Crippen LogP contribution in [0.25, 0.3) is 16.9 Å². The Bertz CT molecular complexity index is 1680. The van der Waals surface area contributed by atoms with Crippen LogP contribution in [-0.4, -0.2) is 74.4 Å². The Morgan fingerprint density at radius 3 is 2.31 bits per heavy atom. The Hall–Kier alpha value is -3.50. The summed E-state index contributed by atoms with van der Waals surface area (Å²) in [6.07, 6.45) is 10.3. The summed E-state index contributed by atoms with van der Waals surface area (Å²) in [5.74, 6) is 1.90. The van der Waals surface area contributed by atoms with Crippen molar-refractivity contribution in [3.63, 3.8) is 0 Å². The maximum absolute atomic E-state index is 12.3. The zero-order valence-electron chi connectivity index (χ0n) is 25.4. The molecule has 4 aromatic rings. The SMILES string of the molecule is CC(C)c1cc2cnc(Nc3ccc(N4CCC5(CCN(C)CC5)CC4)cc3)nc2n1-c1cccc(N=S(C)(C)=O)n1. The van der Waals surface area contributed by atoms with Gasteiger partial charge in [0.15, 0.2) is 11.5 Å². The number of fused-ring (bicyclic) bond motifs is 1. The maximum atomic E-state index is 12.3. The van der Waals surface area contributed by atoms with Gasteiger partial charge in [-0.15, -0.1) is 0 Å². The number of benzene rings is 1. The van der Waals surface area contributed by atoms with Crippen molar-refractivity contribution in [1.82, 2.24) is 24.4 Å². The smallest absolute Gasteiger partial charge is 0.229 e. The summed E-state index contributed by atoms with van der Waals surface area (Å²) in [5.41, 5.74) is 4.61. The van der Waals surface area contributed by atoms with Crippen molar-refractivity contribution >= 4 is 43.9 Å². The molecule has 1 N–H and O–H groups in total. The van der Waals surface area contributed by atoms with Crippen LogP contribution in [0.3, 0.4) is 0 Å². The van der Waals surface area contributed by atoms with Crippen molar-refractivity contribution in [2.24, 2.45) is 9.78 Å². The van der Waals surface area contributed by atoms with Gasteiger partial charge in [0.25, 0.3) is 0 Å². The molecule has 0 radical (unpaired) electrons. The first-order valence-electron chi connectivity index (χ1n) is 14.9. The van der Waals surface area contributed by atoms with Crippen LogP contribution >= 0.6 is 0 Å². The van der Waals surface area contributed by atoms with Gasteiger partial charge in [-0.2, -0.15) is 9.35 Å². The van der Waals surface area contributed by atoms with E-state index in [0.717, 1.165) is 35.5 Å². The Balaban J connectivity index is 1.22. The lowest BCUT2D eigenvalue weighted by atomic mass is 9.71. The zero-order chi connectivity index (χ0) is 29.5. The molecule has 2 fully saturated rings. The fourth-order valence-electron chi connectivity index (χ4n) is 6.26. The minimum atomic E-state index is -2.33.